The van der Waals surface area contributed by atoms with Gasteiger partial charge in [0.15, 0.2) is 0 Å². The number of amides is 1. The Morgan fingerprint density at radius 3 is 2.52 bits per heavy atom. The van der Waals surface area contributed by atoms with Crippen molar-refractivity contribution >= 4 is 17.3 Å². The highest BCUT2D eigenvalue weighted by Gasteiger charge is 2.16. The van der Waals surface area contributed by atoms with Gasteiger partial charge in [0.05, 0.1) is 19.8 Å². The summed E-state index contributed by atoms with van der Waals surface area (Å²) in [5.74, 6) is -1.78. The summed E-state index contributed by atoms with van der Waals surface area (Å²) < 4.78 is 31.9. The molecule has 1 aliphatic rings. The largest absolute Gasteiger partial charge is 0.378 e. The van der Waals surface area contributed by atoms with Gasteiger partial charge in [-0.2, -0.15) is 0 Å². The Morgan fingerprint density at radius 1 is 1.15 bits per heavy atom. The molecule has 144 valence electrons. The van der Waals surface area contributed by atoms with Crippen LogP contribution in [0.15, 0.2) is 42.5 Å². The van der Waals surface area contributed by atoms with Gasteiger partial charge >= 0.3 is 0 Å². The Kier molecular flexibility index (Phi) is 6.36. The number of hydrogen-bond acceptors (Lipinski definition) is 4. The molecule has 0 bridgehead atoms. The summed E-state index contributed by atoms with van der Waals surface area (Å²) in [7, 11) is 1.84. The lowest BCUT2D eigenvalue weighted by molar-refractivity contribution is -0.117. The highest BCUT2D eigenvalue weighted by Crippen LogP contribution is 2.22. The number of anilines is 2. The summed E-state index contributed by atoms with van der Waals surface area (Å²) in [6.07, 6.45) is 0. The van der Waals surface area contributed by atoms with Crippen molar-refractivity contribution in [1.82, 2.24) is 4.90 Å². The average molecular weight is 375 g/mol. The quantitative estimate of drug-likeness (QED) is 0.843. The first-order valence-corrected chi connectivity index (χ1v) is 8.86. The van der Waals surface area contributed by atoms with Gasteiger partial charge in [-0.15, -0.1) is 0 Å². The molecule has 5 nitrogen and oxygen atoms in total. The van der Waals surface area contributed by atoms with Crippen LogP contribution in [0.2, 0.25) is 0 Å². The number of ether oxygens (including phenoxy) is 1. The zero-order chi connectivity index (χ0) is 19.2. The first-order chi connectivity index (χ1) is 13.0. The summed E-state index contributed by atoms with van der Waals surface area (Å²) in [4.78, 5) is 16.3. The molecule has 1 fully saturated rings. The van der Waals surface area contributed by atoms with E-state index in [-0.39, 0.29) is 18.1 Å². The number of likely N-dealkylation sites (N-methyl/N-ethyl adjacent to an activating group) is 1. The molecule has 1 saturated heterocycles. The Balaban J connectivity index is 1.60. The standard InChI is InChI=1S/C20H23F2N3O2/c1-24(14-20(26)23-18-11-16(21)10-17(22)12-18)13-15-4-2-3-5-19(15)25-6-8-27-9-7-25/h2-5,10-12H,6-9,13-14H2,1H3,(H,23,26). The average Bonchev–Trinajstić information content (AvgIpc) is 2.61. The molecular formula is C20H23F2N3O2. The van der Waals surface area contributed by atoms with Crippen LogP contribution < -0.4 is 10.2 Å². The van der Waals surface area contributed by atoms with Gasteiger partial charge in [0.1, 0.15) is 11.6 Å². The van der Waals surface area contributed by atoms with Crippen molar-refractivity contribution in [3.05, 3.63) is 59.7 Å². The highest BCUT2D eigenvalue weighted by molar-refractivity contribution is 5.92. The Bertz CT molecular complexity index is 774. The molecule has 0 spiro atoms. The first-order valence-electron chi connectivity index (χ1n) is 8.86. The third kappa shape index (κ3) is 5.48. The molecule has 2 aromatic carbocycles. The minimum absolute atomic E-state index is 0.107. The van der Waals surface area contributed by atoms with E-state index >= 15 is 0 Å². The molecular weight excluding hydrogens is 352 g/mol. The van der Waals surface area contributed by atoms with E-state index in [1.54, 1.807) is 0 Å². The van der Waals surface area contributed by atoms with E-state index in [9.17, 15) is 13.6 Å². The summed E-state index contributed by atoms with van der Waals surface area (Å²) in [5.41, 5.74) is 2.37. The molecule has 1 amide bonds. The summed E-state index contributed by atoms with van der Waals surface area (Å²) in [6.45, 7) is 3.78. The molecule has 27 heavy (non-hydrogen) atoms. The second-order valence-corrected chi connectivity index (χ2v) is 6.61. The molecule has 1 aliphatic heterocycles. The number of nitrogens with one attached hydrogen (secondary N) is 1. The second-order valence-electron chi connectivity index (χ2n) is 6.61. The normalized spacial score (nSPS) is 14.4. The van der Waals surface area contributed by atoms with Crippen molar-refractivity contribution in [1.29, 1.82) is 0 Å². The van der Waals surface area contributed by atoms with Crippen LogP contribution in [0.25, 0.3) is 0 Å². The van der Waals surface area contributed by atoms with Gasteiger partial charge in [-0.05, 0) is 30.8 Å². The molecule has 2 aromatic rings. The molecule has 1 N–H and O–H groups in total. The zero-order valence-electron chi connectivity index (χ0n) is 15.3. The molecule has 0 saturated carbocycles. The van der Waals surface area contributed by atoms with E-state index in [0.717, 1.165) is 42.5 Å². The van der Waals surface area contributed by atoms with Gasteiger partial charge in [0.25, 0.3) is 0 Å². The van der Waals surface area contributed by atoms with Crippen LogP contribution in [0.3, 0.4) is 0 Å². The fourth-order valence-electron chi connectivity index (χ4n) is 3.18. The van der Waals surface area contributed by atoms with Crippen LogP contribution in [0.5, 0.6) is 0 Å². The van der Waals surface area contributed by atoms with Crippen molar-refractivity contribution in [2.24, 2.45) is 0 Å². The van der Waals surface area contributed by atoms with E-state index in [2.05, 4.69) is 16.3 Å². The number of hydrogen-bond donors (Lipinski definition) is 1. The maximum absolute atomic E-state index is 13.2. The van der Waals surface area contributed by atoms with Crippen molar-refractivity contribution in [2.75, 3.05) is 50.1 Å². The molecule has 1 heterocycles. The highest BCUT2D eigenvalue weighted by atomic mass is 19.1. The second kappa shape index (κ2) is 8.92. The Hall–Kier alpha value is -2.51. The summed E-state index contributed by atoms with van der Waals surface area (Å²) >= 11 is 0. The van der Waals surface area contributed by atoms with Gasteiger partial charge < -0.3 is 15.0 Å². The van der Waals surface area contributed by atoms with Crippen LogP contribution in [-0.4, -0.2) is 50.7 Å². The number of carbonyl (C=O) groups excluding carboxylic acids is 1. The predicted octanol–water partition coefficient (Wildman–Crippen LogP) is 2.87. The predicted molar refractivity (Wildman–Crippen MR) is 101 cm³/mol. The smallest absolute Gasteiger partial charge is 0.238 e. The topological polar surface area (TPSA) is 44.8 Å². The number of rotatable bonds is 6. The lowest BCUT2D eigenvalue weighted by Crippen LogP contribution is -2.37. The molecule has 0 unspecified atom stereocenters. The van der Waals surface area contributed by atoms with Gasteiger partial charge in [0.2, 0.25) is 5.91 Å². The van der Waals surface area contributed by atoms with Gasteiger partial charge in [-0.3, -0.25) is 9.69 Å². The van der Waals surface area contributed by atoms with E-state index in [0.29, 0.717) is 19.8 Å². The number of para-hydroxylation sites is 1. The number of morpholine rings is 1. The third-order valence-electron chi connectivity index (χ3n) is 4.34. The first kappa shape index (κ1) is 19.3. The van der Waals surface area contributed by atoms with E-state index in [1.807, 2.05) is 30.1 Å². The molecule has 7 heteroatoms. The SMILES string of the molecule is CN(CC(=O)Nc1cc(F)cc(F)c1)Cc1ccccc1N1CCOCC1. The maximum Gasteiger partial charge on any atom is 0.238 e. The molecule has 3 rings (SSSR count). The molecule has 0 aromatic heterocycles. The fourth-order valence-corrected chi connectivity index (χ4v) is 3.18. The van der Waals surface area contributed by atoms with Crippen LogP contribution in [0.4, 0.5) is 20.2 Å². The minimum atomic E-state index is -0.724. The molecule has 0 aliphatic carbocycles. The van der Waals surface area contributed by atoms with Crippen LogP contribution in [0, 0.1) is 11.6 Å². The van der Waals surface area contributed by atoms with E-state index in [4.69, 9.17) is 4.74 Å². The van der Waals surface area contributed by atoms with Crippen LogP contribution >= 0.6 is 0 Å². The van der Waals surface area contributed by atoms with E-state index in [1.165, 1.54) is 0 Å². The van der Waals surface area contributed by atoms with E-state index < -0.39 is 11.6 Å². The maximum atomic E-state index is 13.2. The third-order valence-corrected chi connectivity index (χ3v) is 4.34. The monoisotopic (exact) mass is 375 g/mol. The summed E-state index contributed by atoms with van der Waals surface area (Å²) in [6, 6.07) is 11.0. The Morgan fingerprint density at radius 2 is 1.81 bits per heavy atom. The molecule has 0 radical (unpaired) electrons. The van der Waals surface area contributed by atoms with Gasteiger partial charge in [0, 0.05) is 37.1 Å². The zero-order valence-corrected chi connectivity index (χ0v) is 15.3. The number of nitrogens with zero attached hydrogens (tertiary/aromatic N) is 2. The number of halogens is 2. The van der Waals surface area contributed by atoms with Crippen LogP contribution in [-0.2, 0) is 16.1 Å². The van der Waals surface area contributed by atoms with Gasteiger partial charge in [-0.25, -0.2) is 8.78 Å². The van der Waals surface area contributed by atoms with Crippen molar-refractivity contribution in [2.45, 2.75) is 6.54 Å². The Labute approximate surface area is 157 Å². The molecule has 0 atom stereocenters. The van der Waals surface area contributed by atoms with Gasteiger partial charge in [-0.1, -0.05) is 18.2 Å². The minimum Gasteiger partial charge on any atom is -0.378 e. The van der Waals surface area contributed by atoms with Crippen molar-refractivity contribution < 1.29 is 18.3 Å². The van der Waals surface area contributed by atoms with Crippen molar-refractivity contribution in [3.8, 4) is 0 Å². The fraction of sp³-hybridized carbons (Fsp3) is 0.350. The lowest BCUT2D eigenvalue weighted by Gasteiger charge is -2.31. The number of benzene rings is 2. The lowest BCUT2D eigenvalue weighted by atomic mass is 10.1. The summed E-state index contributed by atoms with van der Waals surface area (Å²) in [5, 5.41) is 2.53. The van der Waals surface area contributed by atoms with Crippen molar-refractivity contribution in [3.63, 3.8) is 0 Å². The van der Waals surface area contributed by atoms with Crippen LogP contribution in [0.1, 0.15) is 5.56 Å². The number of carbonyl (C=O) groups is 1.